The maximum Gasteiger partial charge on any atom is 0.0991 e. The van der Waals surface area contributed by atoms with E-state index in [4.69, 9.17) is 5.26 Å². The van der Waals surface area contributed by atoms with Gasteiger partial charge in [-0.25, -0.2) is 0 Å². The number of nitriles is 1. The molecule has 3 rings (SSSR count). The predicted octanol–water partition coefficient (Wildman–Crippen LogP) is 2.66. The van der Waals surface area contributed by atoms with Gasteiger partial charge in [-0.3, -0.25) is 0 Å². The Kier molecular flexibility index (Phi) is 4.05. The molecule has 0 aromatic heterocycles. The highest BCUT2D eigenvalue weighted by molar-refractivity contribution is 5.31. The zero-order valence-electron chi connectivity index (χ0n) is 12.2. The fourth-order valence-electron chi connectivity index (χ4n) is 3.74. The lowest BCUT2D eigenvalue weighted by atomic mass is 9.82. The van der Waals surface area contributed by atoms with Crippen molar-refractivity contribution in [3.8, 4) is 6.07 Å². The van der Waals surface area contributed by atoms with E-state index >= 15 is 0 Å². The van der Waals surface area contributed by atoms with Crippen LogP contribution in [0.5, 0.6) is 0 Å². The molecule has 106 valence electrons. The Morgan fingerprint density at radius 2 is 1.85 bits per heavy atom. The van der Waals surface area contributed by atoms with E-state index in [2.05, 4.69) is 35.5 Å². The number of hydrogen-bond donors (Lipinski definition) is 1. The van der Waals surface area contributed by atoms with Crippen LogP contribution in [0, 0.1) is 11.3 Å². The van der Waals surface area contributed by atoms with Crippen molar-refractivity contribution in [1.82, 2.24) is 10.2 Å². The second-order valence-electron chi connectivity index (χ2n) is 6.26. The topological polar surface area (TPSA) is 39.1 Å². The van der Waals surface area contributed by atoms with Gasteiger partial charge in [-0.2, -0.15) is 5.26 Å². The van der Waals surface area contributed by atoms with Gasteiger partial charge in [0.15, 0.2) is 0 Å². The first kappa shape index (κ1) is 13.6. The molecule has 2 aliphatic rings. The molecule has 0 radical (unpaired) electrons. The summed E-state index contributed by atoms with van der Waals surface area (Å²) in [5.41, 5.74) is 2.01. The third kappa shape index (κ3) is 2.87. The van der Waals surface area contributed by atoms with Crippen LogP contribution >= 0.6 is 0 Å². The summed E-state index contributed by atoms with van der Waals surface area (Å²) in [7, 11) is 2.30. The lowest BCUT2D eigenvalue weighted by molar-refractivity contribution is 0.0482. The molecule has 1 aromatic carbocycles. The van der Waals surface area contributed by atoms with Gasteiger partial charge in [0.1, 0.15) is 0 Å². The minimum Gasteiger partial charge on any atom is -0.310 e. The largest absolute Gasteiger partial charge is 0.310 e. The Labute approximate surface area is 121 Å². The summed E-state index contributed by atoms with van der Waals surface area (Å²) in [6.07, 6.45) is 6.69. The summed E-state index contributed by atoms with van der Waals surface area (Å²) in [5, 5.41) is 12.5. The molecule has 2 fully saturated rings. The lowest BCUT2D eigenvalue weighted by Gasteiger charge is -2.47. The van der Waals surface area contributed by atoms with Gasteiger partial charge in [0, 0.05) is 24.7 Å². The van der Waals surface area contributed by atoms with Crippen LogP contribution in [0.25, 0.3) is 0 Å². The molecule has 0 saturated carbocycles. The molecule has 2 bridgehead atoms. The second-order valence-corrected chi connectivity index (χ2v) is 6.26. The van der Waals surface area contributed by atoms with Crippen molar-refractivity contribution < 1.29 is 0 Å². The van der Waals surface area contributed by atoms with Crippen molar-refractivity contribution in [3.05, 3.63) is 35.4 Å². The molecule has 0 spiro atoms. The summed E-state index contributed by atoms with van der Waals surface area (Å²) < 4.78 is 0. The second kappa shape index (κ2) is 5.95. The first-order valence-electron chi connectivity index (χ1n) is 7.70. The highest BCUT2D eigenvalue weighted by atomic mass is 15.2. The quantitative estimate of drug-likeness (QED) is 0.917. The Morgan fingerprint density at radius 1 is 1.20 bits per heavy atom. The van der Waals surface area contributed by atoms with E-state index in [1.54, 1.807) is 0 Å². The molecule has 3 heteroatoms. The van der Waals surface area contributed by atoms with Crippen LogP contribution in [0.1, 0.15) is 43.2 Å². The van der Waals surface area contributed by atoms with E-state index in [-0.39, 0.29) is 0 Å². The van der Waals surface area contributed by atoms with E-state index in [1.165, 1.54) is 37.7 Å². The molecule has 1 N–H and O–H groups in total. The minimum atomic E-state index is 0.650. The van der Waals surface area contributed by atoms with Gasteiger partial charge in [-0.15, -0.1) is 0 Å². The summed E-state index contributed by atoms with van der Waals surface area (Å²) in [4.78, 5) is 2.60. The number of piperidine rings is 2. The minimum absolute atomic E-state index is 0.650. The molecule has 2 aliphatic heterocycles. The van der Waals surface area contributed by atoms with Crippen LogP contribution in [0.2, 0.25) is 0 Å². The summed E-state index contributed by atoms with van der Waals surface area (Å²) >= 11 is 0. The Bertz CT molecular complexity index is 474. The van der Waals surface area contributed by atoms with Crippen molar-refractivity contribution in [2.45, 2.75) is 56.8 Å². The van der Waals surface area contributed by atoms with E-state index in [0.29, 0.717) is 6.04 Å². The maximum atomic E-state index is 8.81. The Balaban J connectivity index is 1.55. The maximum absolute atomic E-state index is 8.81. The number of nitrogens with one attached hydrogen (secondary N) is 1. The molecule has 2 unspecified atom stereocenters. The fraction of sp³-hybridized carbons (Fsp3) is 0.588. The van der Waals surface area contributed by atoms with Gasteiger partial charge in [-0.1, -0.05) is 18.6 Å². The lowest BCUT2D eigenvalue weighted by Crippen LogP contribution is -2.54. The molecule has 0 aliphatic carbocycles. The van der Waals surface area contributed by atoms with Crippen molar-refractivity contribution in [3.63, 3.8) is 0 Å². The van der Waals surface area contributed by atoms with Crippen LogP contribution in [0.3, 0.4) is 0 Å². The average molecular weight is 269 g/mol. The van der Waals surface area contributed by atoms with Gasteiger partial charge in [-0.05, 0) is 50.4 Å². The number of nitrogens with zero attached hydrogens (tertiary/aromatic N) is 2. The predicted molar refractivity (Wildman–Crippen MR) is 80.2 cm³/mol. The van der Waals surface area contributed by atoms with Gasteiger partial charge < -0.3 is 10.2 Å². The van der Waals surface area contributed by atoms with Gasteiger partial charge in [0.25, 0.3) is 0 Å². The third-order valence-electron chi connectivity index (χ3n) is 5.02. The van der Waals surface area contributed by atoms with E-state index < -0.39 is 0 Å². The van der Waals surface area contributed by atoms with Crippen molar-refractivity contribution in [2.24, 2.45) is 0 Å². The number of fused-ring (bicyclic) bond motifs is 2. The van der Waals surface area contributed by atoms with Crippen LogP contribution in [0.15, 0.2) is 24.3 Å². The smallest absolute Gasteiger partial charge is 0.0991 e. The molecule has 20 heavy (non-hydrogen) atoms. The highest BCUT2D eigenvalue weighted by Gasteiger charge is 2.35. The Morgan fingerprint density at radius 3 is 2.45 bits per heavy atom. The Hall–Kier alpha value is -1.37. The van der Waals surface area contributed by atoms with E-state index in [1.807, 2.05) is 12.1 Å². The zero-order chi connectivity index (χ0) is 13.9. The molecule has 1 aromatic rings. The SMILES string of the molecule is CN1C2CCCC1CC(NCc1ccc(C#N)cc1)C2. The molecular weight excluding hydrogens is 246 g/mol. The molecule has 3 nitrogen and oxygen atoms in total. The van der Waals surface area contributed by atoms with Crippen LogP contribution < -0.4 is 5.32 Å². The number of hydrogen-bond acceptors (Lipinski definition) is 3. The molecule has 2 saturated heterocycles. The third-order valence-corrected chi connectivity index (χ3v) is 5.02. The monoisotopic (exact) mass is 269 g/mol. The highest BCUT2D eigenvalue weighted by Crippen LogP contribution is 2.32. The van der Waals surface area contributed by atoms with Crippen molar-refractivity contribution in [1.29, 1.82) is 5.26 Å². The number of rotatable bonds is 3. The fourth-order valence-corrected chi connectivity index (χ4v) is 3.74. The van der Waals surface area contributed by atoms with Crippen molar-refractivity contribution >= 4 is 0 Å². The zero-order valence-corrected chi connectivity index (χ0v) is 12.2. The standard InChI is InChI=1S/C17H23N3/c1-20-16-3-2-4-17(20)10-15(9-16)19-12-14-7-5-13(11-18)6-8-14/h5-8,15-17,19H,2-4,9-10,12H2,1H3. The van der Waals surface area contributed by atoms with E-state index in [0.717, 1.165) is 24.2 Å². The van der Waals surface area contributed by atoms with Gasteiger partial charge >= 0.3 is 0 Å². The summed E-state index contributed by atoms with van der Waals surface area (Å²) in [5.74, 6) is 0. The van der Waals surface area contributed by atoms with Crippen molar-refractivity contribution in [2.75, 3.05) is 7.05 Å². The molecule has 2 atom stereocenters. The molecular formula is C17H23N3. The van der Waals surface area contributed by atoms with Gasteiger partial charge in [0.2, 0.25) is 0 Å². The van der Waals surface area contributed by atoms with Crippen LogP contribution in [-0.2, 0) is 6.54 Å². The summed E-state index contributed by atoms with van der Waals surface area (Å²) in [6, 6.07) is 12.3. The number of benzene rings is 1. The summed E-state index contributed by atoms with van der Waals surface area (Å²) in [6.45, 7) is 0.916. The van der Waals surface area contributed by atoms with E-state index in [9.17, 15) is 0 Å². The normalized spacial score (nSPS) is 29.9. The van der Waals surface area contributed by atoms with Crippen LogP contribution in [-0.4, -0.2) is 30.1 Å². The molecule has 0 amide bonds. The van der Waals surface area contributed by atoms with Crippen LogP contribution in [0.4, 0.5) is 0 Å². The first-order valence-corrected chi connectivity index (χ1v) is 7.70. The van der Waals surface area contributed by atoms with Gasteiger partial charge in [0.05, 0.1) is 11.6 Å². The first-order chi connectivity index (χ1) is 9.76. The molecule has 2 heterocycles. The average Bonchev–Trinajstić information content (AvgIpc) is 2.46.